The number of rotatable bonds is 21. The van der Waals surface area contributed by atoms with Gasteiger partial charge in [0, 0.05) is 12.0 Å². The van der Waals surface area contributed by atoms with Crippen LogP contribution in [0, 0.1) is 0 Å². The molecule has 0 atom stereocenters. The molecule has 0 saturated carbocycles. The van der Waals surface area contributed by atoms with Gasteiger partial charge in [0.2, 0.25) is 0 Å². The van der Waals surface area contributed by atoms with E-state index in [0.29, 0.717) is 0 Å². The Labute approximate surface area is 193 Å². The number of carboxylic acids is 1. The molecule has 4 nitrogen and oxygen atoms in total. The van der Waals surface area contributed by atoms with Gasteiger partial charge in [-0.05, 0) is 37.9 Å². The van der Waals surface area contributed by atoms with E-state index >= 15 is 0 Å². The van der Waals surface area contributed by atoms with Crippen molar-refractivity contribution in [2.75, 3.05) is 6.61 Å². The SMILES string of the molecule is CCCCCCCCCCCCCC(C)=C(CC(=O)CO[Si](CC)(CC)CC)C(=O)O. The predicted molar refractivity (Wildman–Crippen MR) is 134 cm³/mol. The van der Waals surface area contributed by atoms with Crippen LogP contribution >= 0.6 is 0 Å². The van der Waals surface area contributed by atoms with Gasteiger partial charge in [-0.25, -0.2) is 4.79 Å². The lowest BCUT2D eigenvalue weighted by Gasteiger charge is -2.27. The molecule has 31 heavy (non-hydrogen) atoms. The van der Waals surface area contributed by atoms with Crippen molar-refractivity contribution in [1.82, 2.24) is 0 Å². The molecule has 0 fully saturated rings. The Morgan fingerprint density at radius 1 is 0.742 bits per heavy atom. The number of ketones is 1. The van der Waals surface area contributed by atoms with E-state index in [0.717, 1.165) is 43.0 Å². The zero-order valence-electron chi connectivity index (χ0n) is 21.2. The Balaban J connectivity index is 4.26. The maximum Gasteiger partial charge on any atom is 0.331 e. The summed E-state index contributed by atoms with van der Waals surface area (Å²) < 4.78 is 6.05. The highest BCUT2D eigenvalue weighted by Gasteiger charge is 2.29. The van der Waals surface area contributed by atoms with Gasteiger partial charge in [0.1, 0.15) is 0 Å². The van der Waals surface area contributed by atoms with Crippen LogP contribution in [-0.4, -0.2) is 31.8 Å². The van der Waals surface area contributed by atoms with Crippen LogP contribution in [0.1, 0.15) is 118 Å². The summed E-state index contributed by atoms with van der Waals surface area (Å²) in [6.07, 6.45) is 14.8. The molecule has 182 valence electrons. The number of Topliss-reactive ketones (excluding diaryl/α,β-unsaturated/α-hetero) is 1. The third kappa shape index (κ3) is 13.9. The summed E-state index contributed by atoms with van der Waals surface area (Å²) in [6, 6.07) is 2.98. The van der Waals surface area contributed by atoms with E-state index in [4.69, 9.17) is 4.43 Å². The first-order valence-corrected chi connectivity index (χ1v) is 15.5. The van der Waals surface area contributed by atoms with Crippen molar-refractivity contribution in [2.24, 2.45) is 0 Å². The normalized spacial score (nSPS) is 12.7. The molecule has 0 aromatic rings. The zero-order valence-corrected chi connectivity index (χ0v) is 22.2. The fraction of sp³-hybridized carbons (Fsp3) is 0.846. The van der Waals surface area contributed by atoms with Crippen LogP contribution in [0.25, 0.3) is 0 Å². The average molecular weight is 455 g/mol. The smallest absolute Gasteiger partial charge is 0.331 e. The number of unbranched alkanes of at least 4 members (excludes halogenated alkanes) is 10. The predicted octanol–water partition coefficient (Wildman–Crippen LogP) is 8.07. The Bertz CT molecular complexity index is 515. The molecule has 0 spiro atoms. The highest BCUT2D eigenvalue weighted by Crippen LogP contribution is 2.23. The van der Waals surface area contributed by atoms with E-state index < -0.39 is 14.3 Å². The number of carbonyl (C=O) groups is 2. The summed E-state index contributed by atoms with van der Waals surface area (Å²) in [5.74, 6) is -1.07. The summed E-state index contributed by atoms with van der Waals surface area (Å²) in [7, 11) is -1.82. The lowest BCUT2D eigenvalue weighted by Crippen LogP contribution is -2.37. The topological polar surface area (TPSA) is 63.6 Å². The van der Waals surface area contributed by atoms with Crippen molar-refractivity contribution in [3.05, 3.63) is 11.1 Å². The van der Waals surface area contributed by atoms with Crippen molar-refractivity contribution in [3.8, 4) is 0 Å². The van der Waals surface area contributed by atoms with Gasteiger partial charge in [-0.15, -0.1) is 0 Å². The van der Waals surface area contributed by atoms with Crippen molar-refractivity contribution < 1.29 is 19.1 Å². The third-order valence-corrected chi connectivity index (χ3v) is 11.4. The van der Waals surface area contributed by atoms with Crippen LogP contribution in [0.3, 0.4) is 0 Å². The van der Waals surface area contributed by atoms with Crippen LogP contribution in [0.5, 0.6) is 0 Å². The van der Waals surface area contributed by atoms with Crippen LogP contribution in [0.15, 0.2) is 11.1 Å². The second-order valence-corrected chi connectivity index (χ2v) is 13.9. The third-order valence-electron chi connectivity index (χ3n) is 6.77. The first-order chi connectivity index (χ1) is 14.9. The van der Waals surface area contributed by atoms with E-state index in [2.05, 4.69) is 27.7 Å². The largest absolute Gasteiger partial charge is 0.478 e. The molecule has 0 bridgehead atoms. The molecular weight excluding hydrogens is 404 g/mol. The number of carbonyl (C=O) groups excluding carboxylic acids is 1. The van der Waals surface area contributed by atoms with Gasteiger partial charge in [-0.1, -0.05) is 97.5 Å². The van der Waals surface area contributed by atoms with Crippen LogP contribution in [-0.2, 0) is 14.0 Å². The maximum atomic E-state index is 12.4. The molecule has 0 amide bonds. The highest BCUT2D eigenvalue weighted by atomic mass is 28.4. The van der Waals surface area contributed by atoms with Crippen molar-refractivity contribution in [1.29, 1.82) is 0 Å². The van der Waals surface area contributed by atoms with Crippen molar-refractivity contribution in [3.63, 3.8) is 0 Å². The van der Waals surface area contributed by atoms with Crippen LogP contribution in [0.4, 0.5) is 0 Å². The Hall–Kier alpha value is -0.943. The van der Waals surface area contributed by atoms with E-state index in [9.17, 15) is 14.7 Å². The van der Waals surface area contributed by atoms with Gasteiger partial charge < -0.3 is 9.53 Å². The Morgan fingerprint density at radius 3 is 1.61 bits per heavy atom. The molecule has 0 aliphatic heterocycles. The minimum absolute atomic E-state index is 0.0131. The van der Waals surface area contributed by atoms with Gasteiger partial charge >= 0.3 is 5.97 Å². The summed E-state index contributed by atoms with van der Waals surface area (Å²) in [6.45, 7) is 10.6. The molecule has 0 aromatic carbocycles. The first kappa shape index (κ1) is 30.1. The monoisotopic (exact) mass is 454 g/mol. The zero-order chi connectivity index (χ0) is 23.5. The van der Waals surface area contributed by atoms with E-state index in [1.807, 2.05) is 6.92 Å². The molecule has 0 aromatic heterocycles. The summed E-state index contributed by atoms with van der Waals surface area (Å²) >= 11 is 0. The number of carboxylic acid groups (broad SMARTS) is 1. The number of hydrogen-bond donors (Lipinski definition) is 1. The number of hydrogen-bond acceptors (Lipinski definition) is 3. The van der Waals surface area contributed by atoms with E-state index in [-0.39, 0.29) is 24.4 Å². The molecule has 0 rings (SSSR count). The van der Waals surface area contributed by atoms with Crippen LogP contribution < -0.4 is 0 Å². The molecule has 0 unspecified atom stereocenters. The maximum absolute atomic E-state index is 12.4. The number of aliphatic carboxylic acids is 1. The van der Waals surface area contributed by atoms with Gasteiger partial charge in [0.05, 0.1) is 6.61 Å². The first-order valence-electron chi connectivity index (χ1n) is 12.9. The second-order valence-electron chi connectivity index (χ2n) is 9.10. The molecule has 0 radical (unpaired) electrons. The van der Waals surface area contributed by atoms with Crippen LogP contribution in [0.2, 0.25) is 18.1 Å². The number of allylic oxidation sites excluding steroid dienone is 1. The summed E-state index contributed by atoms with van der Waals surface area (Å²) in [5, 5.41) is 9.59. The van der Waals surface area contributed by atoms with Gasteiger partial charge in [0.15, 0.2) is 14.1 Å². The summed E-state index contributed by atoms with van der Waals surface area (Å²) in [4.78, 5) is 24.1. The average Bonchev–Trinajstić information content (AvgIpc) is 2.76. The highest BCUT2D eigenvalue weighted by molar-refractivity contribution is 6.73. The summed E-state index contributed by atoms with van der Waals surface area (Å²) in [5.41, 5.74) is 1.12. The second kappa shape index (κ2) is 18.6. The molecule has 5 heteroatoms. The van der Waals surface area contributed by atoms with E-state index in [1.54, 1.807) is 0 Å². The lowest BCUT2D eigenvalue weighted by atomic mass is 9.98. The molecule has 1 N–H and O–H groups in total. The van der Waals surface area contributed by atoms with Gasteiger partial charge in [-0.3, -0.25) is 4.79 Å². The standard InChI is InChI=1S/C26H50O4Si/c1-6-10-11-12-13-14-15-16-17-18-19-20-23(5)25(26(28)29)21-24(27)22-30-31(7-2,8-3)9-4/h6-22H2,1-5H3,(H,28,29). The fourth-order valence-corrected chi connectivity index (χ4v) is 6.73. The van der Waals surface area contributed by atoms with Gasteiger partial charge in [-0.2, -0.15) is 0 Å². The Morgan fingerprint density at radius 2 is 1.19 bits per heavy atom. The molecule has 0 heterocycles. The molecule has 0 aliphatic rings. The van der Waals surface area contributed by atoms with Crippen molar-refractivity contribution >= 4 is 20.1 Å². The minimum atomic E-state index is -1.82. The quantitative estimate of drug-likeness (QED) is 0.108. The minimum Gasteiger partial charge on any atom is -0.478 e. The fourth-order valence-electron chi connectivity index (χ4n) is 4.15. The molecular formula is C26H50O4Si. The van der Waals surface area contributed by atoms with Crippen molar-refractivity contribution in [2.45, 2.75) is 136 Å². The molecule has 0 saturated heterocycles. The molecule has 0 aliphatic carbocycles. The lowest BCUT2D eigenvalue weighted by molar-refractivity contribution is -0.134. The van der Waals surface area contributed by atoms with E-state index in [1.165, 1.54) is 57.8 Å². The van der Waals surface area contributed by atoms with Gasteiger partial charge in [0.25, 0.3) is 0 Å². The Kier molecular flexibility index (Phi) is 18.0.